The maximum absolute atomic E-state index is 11.1. The average molecular weight is 455 g/mol. The van der Waals surface area contributed by atoms with Crippen molar-refractivity contribution in [3.63, 3.8) is 0 Å². The fourth-order valence-electron chi connectivity index (χ4n) is 3.48. The Morgan fingerprint density at radius 2 is 1.84 bits per heavy atom. The summed E-state index contributed by atoms with van der Waals surface area (Å²) in [5.41, 5.74) is 3.84. The number of nitrogens with zero attached hydrogens (tertiary/aromatic N) is 2. The van der Waals surface area contributed by atoms with Crippen molar-refractivity contribution in [1.82, 2.24) is 20.5 Å². The third-order valence-electron chi connectivity index (χ3n) is 5.21. The zero-order valence-electron chi connectivity index (χ0n) is 17.7. The molecule has 1 amide bonds. The molecule has 3 atom stereocenters. The van der Waals surface area contributed by atoms with E-state index in [2.05, 4.69) is 20.5 Å². The minimum Gasteiger partial charge on any atom is -0.392 e. The number of H-pyrrole nitrogens is 1. The third-order valence-corrected chi connectivity index (χ3v) is 6.22. The summed E-state index contributed by atoms with van der Waals surface area (Å²) >= 11 is 1.56. The van der Waals surface area contributed by atoms with Crippen molar-refractivity contribution in [2.75, 3.05) is 5.75 Å². The minimum absolute atomic E-state index is 0.0127. The van der Waals surface area contributed by atoms with Crippen molar-refractivity contribution in [3.05, 3.63) is 77.1 Å². The molecule has 4 rings (SSSR count). The molecule has 3 N–H and O–H groups in total. The molecule has 2 aromatic carbocycles. The highest BCUT2D eigenvalue weighted by Gasteiger charge is 2.32. The number of ether oxygens (including phenoxy) is 2. The molecule has 0 aliphatic carbocycles. The van der Waals surface area contributed by atoms with Gasteiger partial charge in [-0.2, -0.15) is 5.10 Å². The van der Waals surface area contributed by atoms with Crippen LogP contribution in [-0.2, 0) is 27.4 Å². The summed E-state index contributed by atoms with van der Waals surface area (Å²) in [6, 6.07) is 15.7. The molecule has 1 aliphatic heterocycles. The second kappa shape index (κ2) is 10.7. The van der Waals surface area contributed by atoms with Gasteiger partial charge in [0.2, 0.25) is 5.91 Å². The molecule has 0 saturated carbocycles. The van der Waals surface area contributed by atoms with E-state index in [0.717, 1.165) is 27.4 Å². The molecule has 32 heavy (non-hydrogen) atoms. The number of aliphatic hydroxyl groups is 1. The maximum Gasteiger partial charge on any atom is 0.217 e. The van der Waals surface area contributed by atoms with Gasteiger partial charge in [0.15, 0.2) is 11.4 Å². The lowest BCUT2D eigenvalue weighted by Crippen LogP contribution is -2.31. The lowest BCUT2D eigenvalue weighted by atomic mass is 10.0. The molecule has 8 nitrogen and oxygen atoms in total. The molecule has 0 spiro atoms. The fourth-order valence-corrected chi connectivity index (χ4v) is 4.27. The van der Waals surface area contributed by atoms with Crippen LogP contribution in [0.5, 0.6) is 0 Å². The molecular formula is C23H26N4O4S. The van der Waals surface area contributed by atoms with Gasteiger partial charge in [0, 0.05) is 31.2 Å². The van der Waals surface area contributed by atoms with Gasteiger partial charge in [-0.05, 0) is 16.7 Å². The first kappa shape index (κ1) is 22.5. The molecule has 0 bridgehead atoms. The summed E-state index contributed by atoms with van der Waals surface area (Å²) in [6.07, 6.45) is 1.49. The number of aromatic amines is 1. The van der Waals surface area contributed by atoms with Gasteiger partial charge in [0.25, 0.3) is 0 Å². The van der Waals surface area contributed by atoms with Crippen molar-refractivity contribution in [3.8, 4) is 0 Å². The predicted molar refractivity (Wildman–Crippen MR) is 119 cm³/mol. The highest BCUT2D eigenvalue weighted by atomic mass is 32.2. The van der Waals surface area contributed by atoms with Crippen LogP contribution in [0.3, 0.4) is 0 Å². The van der Waals surface area contributed by atoms with Gasteiger partial charge < -0.3 is 19.9 Å². The molecule has 1 fully saturated rings. The number of rotatable bonds is 8. The van der Waals surface area contributed by atoms with Crippen LogP contribution in [0, 0.1) is 0 Å². The van der Waals surface area contributed by atoms with Crippen LogP contribution in [0.2, 0.25) is 0 Å². The number of thioether (sulfide) groups is 1. The van der Waals surface area contributed by atoms with Crippen LogP contribution in [-0.4, -0.2) is 38.1 Å². The van der Waals surface area contributed by atoms with Crippen LogP contribution in [0.1, 0.15) is 48.0 Å². The Hall–Kier alpha value is -2.72. The van der Waals surface area contributed by atoms with Crippen molar-refractivity contribution in [1.29, 1.82) is 0 Å². The first-order valence-electron chi connectivity index (χ1n) is 10.4. The van der Waals surface area contributed by atoms with Gasteiger partial charge >= 0.3 is 0 Å². The van der Waals surface area contributed by atoms with E-state index in [9.17, 15) is 9.90 Å². The van der Waals surface area contributed by atoms with Crippen LogP contribution >= 0.6 is 11.8 Å². The molecule has 3 aromatic rings. The van der Waals surface area contributed by atoms with E-state index in [1.807, 2.05) is 48.5 Å². The van der Waals surface area contributed by atoms with Gasteiger partial charge in [-0.25, -0.2) is 4.98 Å². The number of aromatic nitrogens is 3. The smallest absolute Gasteiger partial charge is 0.217 e. The second-order valence-electron chi connectivity index (χ2n) is 7.60. The number of benzene rings is 2. The summed E-state index contributed by atoms with van der Waals surface area (Å²) < 4.78 is 12.6. The van der Waals surface area contributed by atoms with E-state index in [1.54, 1.807) is 11.8 Å². The van der Waals surface area contributed by atoms with Gasteiger partial charge in [-0.3, -0.25) is 9.89 Å². The molecule has 1 aromatic heterocycles. The Balaban J connectivity index is 1.49. The zero-order valence-corrected chi connectivity index (χ0v) is 18.5. The molecule has 9 heteroatoms. The van der Waals surface area contributed by atoms with Crippen LogP contribution < -0.4 is 5.32 Å². The Morgan fingerprint density at radius 3 is 2.50 bits per heavy atom. The quantitative estimate of drug-likeness (QED) is 0.448. The molecular weight excluding hydrogens is 428 g/mol. The molecule has 1 aliphatic rings. The first-order chi connectivity index (χ1) is 15.6. The van der Waals surface area contributed by atoms with E-state index in [1.165, 1.54) is 13.3 Å². The number of hydrogen-bond acceptors (Lipinski definition) is 7. The largest absolute Gasteiger partial charge is 0.392 e. The topological polar surface area (TPSA) is 109 Å². The summed E-state index contributed by atoms with van der Waals surface area (Å²) in [5.74, 6) is 0.649. The molecule has 0 unspecified atom stereocenters. The lowest BCUT2D eigenvalue weighted by molar-refractivity contribution is -0.245. The molecule has 0 radical (unpaired) electrons. The van der Waals surface area contributed by atoms with Crippen LogP contribution in [0.15, 0.2) is 60.0 Å². The second-order valence-corrected chi connectivity index (χ2v) is 8.61. The number of aliphatic hydroxyl groups excluding tert-OH is 1. The standard InChI is InChI=1S/C23H26N4O4S/c1-15(29)24-11-16-2-8-19(9-3-16)22-30-20(13-32-23-25-14-26-27-23)10-21(31-22)18-6-4-17(12-28)5-7-18/h2-9,14,20-22,28H,10-13H2,1H3,(H,24,29)(H,25,26,27)/t20-,21+,22+/m0/s1. The third kappa shape index (κ3) is 5.95. The Bertz CT molecular complexity index is 996. The number of carbonyl (C=O) groups is 1. The number of carbonyl (C=O) groups excluding carboxylic acids is 1. The minimum atomic E-state index is -0.513. The molecule has 2 heterocycles. The van der Waals surface area contributed by atoms with Crippen molar-refractivity contribution < 1.29 is 19.4 Å². The van der Waals surface area contributed by atoms with Crippen LogP contribution in [0.4, 0.5) is 0 Å². The Kier molecular flexibility index (Phi) is 7.54. The van der Waals surface area contributed by atoms with Crippen LogP contribution in [0.25, 0.3) is 0 Å². The average Bonchev–Trinajstić information content (AvgIpc) is 3.35. The molecule has 1 saturated heterocycles. The summed E-state index contributed by atoms with van der Waals surface area (Å²) in [5, 5.41) is 19.6. The van der Waals surface area contributed by atoms with Gasteiger partial charge in [-0.1, -0.05) is 60.3 Å². The van der Waals surface area contributed by atoms with Crippen molar-refractivity contribution in [2.24, 2.45) is 0 Å². The lowest BCUT2D eigenvalue weighted by Gasteiger charge is -2.36. The van der Waals surface area contributed by atoms with E-state index in [0.29, 0.717) is 18.7 Å². The normalized spacial score (nSPS) is 20.8. The van der Waals surface area contributed by atoms with Gasteiger partial charge in [0.05, 0.1) is 18.8 Å². The number of hydrogen-bond donors (Lipinski definition) is 3. The monoisotopic (exact) mass is 454 g/mol. The zero-order chi connectivity index (χ0) is 22.3. The van der Waals surface area contributed by atoms with E-state index < -0.39 is 6.29 Å². The van der Waals surface area contributed by atoms with Crippen molar-refractivity contribution in [2.45, 2.75) is 50.2 Å². The summed E-state index contributed by atoms with van der Waals surface area (Å²) in [6.45, 7) is 2.00. The van der Waals surface area contributed by atoms with E-state index in [4.69, 9.17) is 9.47 Å². The van der Waals surface area contributed by atoms with E-state index in [-0.39, 0.29) is 24.7 Å². The highest BCUT2D eigenvalue weighted by Crippen LogP contribution is 2.39. The number of amides is 1. The van der Waals surface area contributed by atoms with Gasteiger partial charge in [-0.15, -0.1) is 0 Å². The number of nitrogens with one attached hydrogen (secondary N) is 2. The highest BCUT2D eigenvalue weighted by molar-refractivity contribution is 7.99. The molecule has 168 valence electrons. The van der Waals surface area contributed by atoms with Crippen molar-refractivity contribution >= 4 is 17.7 Å². The maximum atomic E-state index is 11.1. The fraction of sp³-hybridized carbons (Fsp3) is 0.348. The predicted octanol–water partition coefficient (Wildman–Crippen LogP) is 3.27. The summed E-state index contributed by atoms with van der Waals surface area (Å²) in [4.78, 5) is 15.3. The van der Waals surface area contributed by atoms with E-state index >= 15 is 0 Å². The Labute approximate surface area is 190 Å². The summed E-state index contributed by atoms with van der Waals surface area (Å²) in [7, 11) is 0. The SMILES string of the molecule is CC(=O)NCc1ccc([C@@H]2O[C@H](CSc3ncn[nH]3)C[C@H](c3ccc(CO)cc3)O2)cc1. The Morgan fingerprint density at radius 1 is 1.12 bits per heavy atom. The van der Waals surface area contributed by atoms with Gasteiger partial charge in [0.1, 0.15) is 6.33 Å². The first-order valence-corrected chi connectivity index (χ1v) is 11.4.